The maximum atomic E-state index is 12.9. The predicted octanol–water partition coefficient (Wildman–Crippen LogP) is 3.77. The zero-order valence-corrected chi connectivity index (χ0v) is 12.1. The molecule has 2 aromatic rings. The minimum atomic E-state index is -0.813. The second-order valence-electron chi connectivity index (χ2n) is 5.06. The number of nitrogens with one attached hydrogen (secondary N) is 1. The van der Waals surface area contributed by atoms with Crippen LogP contribution in [-0.2, 0) is 6.42 Å². The molecule has 1 atom stereocenters. The lowest BCUT2D eigenvalue weighted by Crippen LogP contribution is -2.35. The van der Waals surface area contributed by atoms with E-state index in [1.54, 1.807) is 19.2 Å². The predicted molar refractivity (Wildman–Crippen MR) is 80.7 cm³/mol. The highest BCUT2D eigenvalue weighted by Crippen LogP contribution is 2.25. The zero-order valence-electron chi connectivity index (χ0n) is 12.1. The van der Waals surface area contributed by atoms with Gasteiger partial charge >= 0.3 is 0 Å². The largest absolute Gasteiger partial charge is 0.496 e. The van der Waals surface area contributed by atoms with E-state index < -0.39 is 5.54 Å². The normalized spacial score (nSPS) is 13.0. The summed E-state index contributed by atoms with van der Waals surface area (Å²) in [6, 6.07) is 15.8. The van der Waals surface area contributed by atoms with E-state index in [-0.39, 0.29) is 5.82 Å². The summed E-state index contributed by atoms with van der Waals surface area (Å²) >= 11 is 0. The summed E-state index contributed by atoms with van der Waals surface area (Å²) in [4.78, 5) is 0. The molecule has 0 heterocycles. The van der Waals surface area contributed by atoms with Gasteiger partial charge in [0.25, 0.3) is 0 Å². The Kier molecular flexibility index (Phi) is 4.44. The summed E-state index contributed by atoms with van der Waals surface area (Å²) < 4.78 is 18.3. The first-order valence-electron chi connectivity index (χ1n) is 6.63. The minimum absolute atomic E-state index is 0.302. The molecule has 1 N–H and O–H groups in total. The van der Waals surface area contributed by atoms with Crippen molar-refractivity contribution in [3.63, 3.8) is 0 Å². The number of halogens is 1. The Balaban J connectivity index is 2.21. The zero-order chi connectivity index (χ0) is 15.3. The summed E-state index contributed by atoms with van der Waals surface area (Å²) in [6.45, 7) is 1.81. The molecule has 0 radical (unpaired) electrons. The van der Waals surface area contributed by atoms with Crippen molar-refractivity contribution in [3.8, 4) is 11.8 Å². The number of para-hydroxylation sites is 1. The number of benzene rings is 2. The first-order valence-corrected chi connectivity index (χ1v) is 6.63. The number of methoxy groups -OCH3 is 1. The van der Waals surface area contributed by atoms with E-state index in [1.807, 2.05) is 31.2 Å². The fourth-order valence-electron chi connectivity index (χ4n) is 2.19. The van der Waals surface area contributed by atoms with Gasteiger partial charge in [0, 0.05) is 12.1 Å². The smallest absolute Gasteiger partial charge is 0.126 e. The summed E-state index contributed by atoms with van der Waals surface area (Å²) in [5.41, 5.74) is 0.834. The highest BCUT2D eigenvalue weighted by Gasteiger charge is 2.25. The van der Waals surface area contributed by atoms with Crippen LogP contribution in [0.25, 0.3) is 0 Å². The quantitative estimate of drug-likeness (QED) is 0.909. The van der Waals surface area contributed by atoms with Crippen molar-refractivity contribution >= 4 is 5.69 Å². The highest BCUT2D eigenvalue weighted by molar-refractivity contribution is 5.49. The van der Waals surface area contributed by atoms with E-state index in [0.29, 0.717) is 12.1 Å². The highest BCUT2D eigenvalue weighted by atomic mass is 19.1. The fourth-order valence-corrected chi connectivity index (χ4v) is 2.19. The van der Waals surface area contributed by atoms with Gasteiger partial charge in [-0.1, -0.05) is 18.2 Å². The molecule has 0 saturated heterocycles. The van der Waals surface area contributed by atoms with E-state index in [9.17, 15) is 9.65 Å². The van der Waals surface area contributed by atoms with Crippen molar-refractivity contribution in [2.75, 3.05) is 12.4 Å². The summed E-state index contributed by atoms with van der Waals surface area (Å²) in [5, 5.41) is 12.6. The van der Waals surface area contributed by atoms with Crippen LogP contribution < -0.4 is 10.1 Å². The van der Waals surface area contributed by atoms with Crippen LogP contribution in [0.3, 0.4) is 0 Å². The molecule has 2 rings (SSSR count). The standard InChI is InChI=1S/C17H17FN2O/c1-17(12-19,20-15-9-7-14(18)8-10-15)11-13-5-3-4-6-16(13)21-2/h3-10,20H,11H2,1-2H3. The van der Waals surface area contributed by atoms with Crippen LogP contribution in [-0.4, -0.2) is 12.6 Å². The number of hydrogen-bond acceptors (Lipinski definition) is 3. The topological polar surface area (TPSA) is 45.0 Å². The summed E-state index contributed by atoms with van der Waals surface area (Å²) in [5.74, 6) is 0.448. The van der Waals surface area contributed by atoms with Gasteiger partial charge in [0.05, 0.1) is 13.2 Å². The lowest BCUT2D eigenvalue weighted by Gasteiger charge is -2.25. The van der Waals surface area contributed by atoms with Crippen molar-refractivity contribution in [1.82, 2.24) is 0 Å². The van der Waals surface area contributed by atoms with Gasteiger partial charge in [0.1, 0.15) is 17.1 Å². The van der Waals surface area contributed by atoms with Crippen LogP contribution in [0.4, 0.5) is 10.1 Å². The van der Waals surface area contributed by atoms with Crippen molar-refractivity contribution in [2.45, 2.75) is 18.9 Å². The molecule has 0 aliphatic carbocycles. The van der Waals surface area contributed by atoms with Crippen molar-refractivity contribution in [2.24, 2.45) is 0 Å². The molecular formula is C17H17FN2O. The van der Waals surface area contributed by atoms with Gasteiger partial charge in [-0.3, -0.25) is 0 Å². The third kappa shape index (κ3) is 3.73. The summed E-state index contributed by atoms with van der Waals surface area (Å²) in [6.07, 6.45) is 0.477. The number of anilines is 1. The second kappa shape index (κ2) is 6.27. The Labute approximate surface area is 124 Å². The molecule has 1 unspecified atom stereocenters. The first-order chi connectivity index (χ1) is 10.1. The number of ether oxygens (including phenoxy) is 1. The molecule has 0 fully saturated rings. The molecule has 2 aromatic carbocycles. The van der Waals surface area contributed by atoms with Crippen molar-refractivity contribution in [3.05, 3.63) is 59.9 Å². The molecule has 0 saturated carbocycles. The molecule has 21 heavy (non-hydrogen) atoms. The van der Waals surface area contributed by atoms with Gasteiger partial charge in [-0.2, -0.15) is 5.26 Å². The van der Waals surface area contributed by atoms with Crippen LogP contribution in [0.2, 0.25) is 0 Å². The van der Waals surface area contributed by atoms with Crippen LogP contribution in [0, 0.1) is 17.1 Å². The number of rotatable bonds is 5. The van der Waals surface area contributed by atoms with Gasteiger partial charge in [-0.25, -0.2) is 4.39 Å². The molecule has 0 amide bonds. The number of nitriles is 1. The molecule has 4 heteroatoms. The van der Waals surface area contributed by atoms with Gasteiger partial charge < -0.3 is 10.1 Å². The van der Waals surface area contributed by atoms with E-state index in [1.165, 1.54) is 12.1 Å². The Morgan fingerprint density at radius 1 is 1.19 bits per heavy atom. The van der Waals surface area contributed by atoms with Crippen molar-refractivity contribution < 1.29 is 9.13 Å². The third-order valence-electron chi connectivity index (χ3n) is 3.25. The van der Waals surface area contributed by atoms with Crippen molar-refractivity contribution in [1.29, 1.82) is 5.26 Å². The Morgan fingerprint density at radius 3 is 2.48 bits per heavy atom. The number of nitrogens with zero attached hydrogens (tertiary/aromatic N) is 1. The minimum Gasteiger partial charge on any atom is -0.496 e. The van der Waals surface area contributed by atoms with Gasteiger partial charge in [-0.15, -0.1) is 0 Å². The molecule has 0 bridgehead atoms. The average molecular weight is 284 g/mol. The maximum Gasteiger partial charge on any atom is 0.126 e. The van der Waals surface area contributed by atoms with Crippen LogP contribution in [0.1, 0.15) is 12.5 Å². The van der Waals surface area contributed by atoms with Crippen LogP contribution >= 0.6 is 0 Å². The molecule has 0 aromatic heterocycles. The maximum absolute atomic E-state index is 12.9. The van der Waals surface area contributed by atoms with Gasteiger partial charge in [-0.05, 0) is 42.8 Å². The fraction of sp³-hybridized carbons (Fsp3) is 0.235. The SMILES string of the molecule is COc1ccccc1CC(C)(C#N)Nc1ccc(F)cc1. The average Bonchev–Trinajstić information content (AvgIpc) is 2.50. The van der Waals surface area contributed by atoms with Gasteiger partial charge in [0.2, 0.25) is 0 Å². The molecule has 108 valence electrons. The molecular weight excluding hydrogens is 267 g/mol. The van der Waals surface area contributed by atoms with Crippen LogP contribution in [0.15, 0.2) is 48.5 Å². The monoisotopic (exact) mass is 284 g/mol. The first kappa shape index (κ1) is 14.9. The lowest BCUT2D eigenvalue weighted by molar-refractivity contribution is 0.407. The van der Waals surface area contributed by atoms with E-state index in [0.717, 1.165) is 11.3 Å². The Hall–Kier alpha value is -2.54. The third-order valence-corrected chi connectivity index (χ3v) is 3.25. The summed E-state index contributed by atoms with van der Waals surface area (Å²) in [7, 11) is 1.61. The van der Waals surface area contributed by atoms with Crippen LogP contribution in [0.5, 0.6) is 5.75 Å². The molecule has 3 nitrogen and oxygen atoms in total. The Morgan fingerprint density at radius 2 is 1.86 bits per heavy atom. The van der Waals surface area contributed by atoms with E-state index >= 15 is 0 Å². The van der Waals surface area contributed by atoms with E-state index in [2.05, 4.69) is 11.4 Å². The Bertz CT molecular complexity index is 649. The lowest BCUT2D eigenvalue weighted by atomic mass is 9.93. The van der Waals surface area contributed by atoms with E-state index in [4.69, 9.17) is 4.74 Å². The molecule has 0 aliphatic heterocycles. The number of hydrogen-bond donors (Lipinski definition) is 1. The molecule has 0 aliphatic rings. The van der Waals surface area contributed by atoms with Gasteiger partial charge in [0.15, 0.2) is 0 Å². The molecule has 0 spiro atoms. The second-order valence-corrected chi connectivity index (χ2v) is 5.06.